The van der Waals surface area contributed by atoms with Crippen molar-refractivity contribution in [2.45, 2.75) is 76.0 Å². The van der Waals surface area contributed by atoms with E-state index < -0.39 is 10.8 Å². The van der Waals surface area contributed by atoms with Gasteiger partial charge in [0.25, 0.3) is 0 Å². The fourth-order valence-electron chi connectivity index (χ4n) is 4.95. The van der Waals surface area contributed by atoms with E-state index in [2.05, 4.69) is 37.5 Å². The molecule has 0 fully saturated rings. The molecule has 36 heavy (non-hydrogen) atoms. The van der Waals surface area contributed by atoms with Crippen LogP contribution in [-0.2, 0) is 10.8 Å². The van der Waals surface area contributed by atoms with Crippen molar-refractivity contribution in [3.63, 3.8) is 0 Å². The van der Waals surface area contributed by atoms with Crippen molar-refractivity contribution in [2.24, 2.45) is 0 Å². The third kappa shape index (κ3) is 8.06. The van der Waals surface area contributed by atoms with Gasteiger partial charge in [0.05, 0.1) is 33.8 Å². The molecular formula is C30H46N2O3S. The van der Waals surface area contributed by atoms with Gasteiger partial charge < -0.3 is 19.3 Å². The Bertz CT molecular complexity index is 878. The standard InChI is InChI=1S/C30H46N2O3S/c1-5-15-31(16-6-2)19-9-21-34-25-11-13-29-27(23-25)28-24-26(12-14-30(28)36(29)33)35-22-10-20-32(17-7-3)18-8-4/h11-14,23-24H,5-10,15-22H2,1-4H3. The quantitative estimate of drug-likeness (QED) is 0.179. The Balaban J connectivity index is 1.57. The molecule has 2 aromatic rings. The zero-order chi connectivity index (χ0) is 25.8. The Kier molecular flexibility index (Phi) is 12.3. The van der Waals surface area contributed by atoms with Gasteiger partial charge in [-0.25, -0.2) is 4.21 Å². The van der Waals surface area contributed by atoms with E-state index in [4.69, 9.17) is 9.47 Å². The lowest BCUT2D eigenvalue weighted by atomic mass is 10.1. The van der Waals surface area contributed by atoms with Crippen LogP contribution in [0.2, 0.25) is 0 Å². The first-order valence-corrected chi connectivity index (χ1v) is 15.2. The van der Waals surface area contributed by atoms with Crippen molar-refractivity contribution >= 4 is 10.8 Å². The first-order valence-electron chi connectivity index (χ1n) is 14.0. The number of nitrogens with zero attached hydrogens (tertiary/aromatic N) is 2. The summed E-state index contributed by atoms with van der Waals surface area (Å²) in [6.07, 6.45) is 6.75. The maximum atomic E-state index is 13.0. The van der Waals surface area contributed by atoms with Gasteiger partial charge in [-0.2, -0.15) is 0 Å². The van der Waals surface area contributed by atoms with Gasteiger partial charge in [0.15, 0.2) is 0 Å². The van der Waals surface area contributed by atoms with E-state index in [1.807, 2.05) is 36.4 Å². The SMILES string of the molecule is CCCN(CCC)CCCOc1ccc2c(c1)-c1cc(OCCCN(CCC)CCC)ccc1S2=O. The lowest BCUT2D eigenvalue weighted by Gasteiger charge is -2.20. The second-order valence-electron chi connectivity index (χ2n) is 9.67. The zero-order valence-electron chi connectivity index (χ0n) is 22.9. The van der Waals surface area contributed by atoms with E-state index in [0.717, 1.165) is 84.5 Å². The molecule has 0 N–H and O–H groups in total. The fourth-order valence-corrected chi connectivity index (χ4v) is 6.31. The second kappa shape index (κ2) is 15.4. The molecule has 5 nitrogen and oxygen atoms in total. The van der Waals surface area contributed by atoms with Gasteiger partial charge in [0.2, 0.25) is 0 Å². The number of hydrogen-bond donors (Lipinski definition) is 0. The second-order valence-corrected chi connectivity index (χ2v) is 11.1. The molecule has 0 saturated carbocycles. The molecule has 2 aromatic carbocycles. The third-order valence-corrected chi connectivity index (χ3v) is 8.04. The van der Waals surface area contributed by atoms with Crippen LogP contribution in [-0.4, -0.2) is 66.5 Å². The topological polar surface area (TPSA) is 42.0 Å². The van der Waals surface area contributed by atoms with Gasteiger partial charge in [0.1, 0.15) is 11.5 Å². The van der Waals surface area contributed by atoms with E-state index >= 15 is 0 Å². The summed E-state index contributed by atoms with van der Waals surface area (Å²) in [4.78, 5) is 6.75. The molecule has 0 unspecified atom stereocenters. The molecule has 200 valence electrons. The molecule has 0 spiro atoms. The Morgan fingerprint density at radius 1 is 0.611 bits per heavy atom. The first kappa shape index (κ1) is 28.7. The summed E-state index contributed by atoms with van der Waals surface area (Å²) < 4.78 is 25.2. The molecule has 0 saturated heterocycles. The van der Waals surface area contributed by atoms with Crippen LogP contribution in [0.1, 0.15) is 66.2 Å². The molecule has 0 bridgehead atoms. The fraction of sp³-hybridized carbons (Fsp3) is 0.600. The van der Waals surface area contributed by atoms with Crippen LogP contribution < -0.4 is 9.47 Å². The minimum Gasteiger partial charge on any atom is -0.494 e. The monoisotopic (exact) mass is 514 g/mol. The molecule has 1 aliphatic rings. The van der Waals surface area contributed by atoms with E-state index in [-0.39, 0.29) is 0 Å². The Hall–Kier alpha value is -1.89. The van der Waals surface area contributed by atoms with Crippen molar-refractivity contribution in [2.75, 3.05) is 52.5 Å². The molecule has 0 aliphatic carbocycles. The lowest BCUT2D eigenvalue weighted by molar-refractivity contribution is 0.234. The summed E-state index contributed by atoms with van der Waals surface area (Å²) in [5.41, 5.74) is 2.00. The Morgan fingerprint density at radius 3 is 1.36 bits per heavy atom. The van der Waals surface area contributed by atoms with Crippen LogP contribution in [0.25, 0.3) is 11.1 Å². The predicted octanol–water partition coefficient (Wildman–Crippen LogP) is 6.62. The molecule has 6 heteroatoms. The summed E-state index contributed by atoms with van der Waals surface area (Å²) in [5.74, 6) is 1.68. The number of ether oxygens (including phenoxy) is 2. The van der Waals surface area contributed by atoms with Crippen LogP contribution in [0.15, 0.2) is 46.2 Å². The van der Waals surface area contributed by atoms with E-state index in [0.29, 0.717) is 13.2 Å². The summed E-state index contributed by atoms with van der Waals surface area (Å²) in [6, 6.07) is 11.9. The number of fused-ring (bicyclic) bond motifs is 3. The van der Waals surface area contributed by atoms with Crippen LogP contribution in [0.4, 0.5) is 0 Å². The Morgan fingerprint density at radius 2 is 1.00 bits per heavy atom. The summed E-state index contributed by atoms with van der Waals surface area (Å²) in [6.45, 7) is 17.0. The number of hydrogen-bond acceptors (Lipinski definition) is 5. The maximum Gasteiger partial charge on any atom is 0.119 e. The molecule has 0 radical (unpaired) electrons. The highest BCUT2D eigenvalue weighted by molar-refractivity contribution is 7.85. The average Bonchev–Trinajstić information content (AvgIpc) is 3.15. The smallest absolute Gasteiger partial charge is 0.119 e. The molecule has 1 heterocycles. The van der Waals surface area contributed by atoms with Crippen molar-refractivity contribution in [1.82, 2.24) is 9.80 Å². The van der Waals surface area contributed by atoms with E-state index in [1.54, 1.807) is 0 Å². The van der Waals surface area contributed by atoms with Gasteiger partial charge in [-0.3, -0.25) is 0 Å². The number of rotatable bonds is 18. The molecule has 1 aliphatic heterocycles. The average molecular weight is 515 g/mol. The van der Waals surface area contributed by atoms with Gasteiger partial charge >= 0.3 is 0 Å². The van der Waals surface area contributed by atoms with Crippen LogP contribution >= 0.6 is 0 Å². The largest absolute Gasteiger partial charge is 0.494 e. The van der Waals surface area contributed by atoms with E-state index in [9.17, 15) is 4.21 Å². The maximum absolute atomic E-state index is 13.0. The van der Waals surface area contributed by atoms with Gasteiger partial charge in [-0.05, 0) is 101 Å². The minimum atomic E-state index is -1.15. The molecule has 0 aromatic heterocycles. The van der Waals surface area contributed by atoms with Crippen LogP contribution in [0.5, 0.6) is 11.5 Å². The number of benzene rings is 2. The van der Waals surface area contributed by atoms with Crippen LogP contribution in [0.3, 0.4) is 0 Å². The lowest BCUT2D eigenvalue weighted by Crippen LogP contribution is -2.27. The van der Waals surface area contributed by atoms with E-state index in [1.165, 1.54) is 25.7 Å². The van der Waals surface area contributed by atoms with Crippen molar-refractivity contribution in [3.05, 3.63) is 36.4 Å². The van der Waals surface area contributed by atoms with Gasteiger partial charge in [-0.15, -0.1) is 0 Å². The summed E-state index contributed by atoms with van der Waals surface area (Å²) >= 11 is 0. The normalized spacial score (nSPS) is 12.8. The minimum absolute atomic E-state index is 0.689. The van der Waals surface area contributed by atoms with Gasteiger partial charge in [0, 0.05) is 24.2 Å². The Labute approximate surface area is 221 Å². The molecule has 0 atom stereocenters. The van der Waals surface area contributed by atoms with Crippen LogP contribution in [0, 0.1) is 0 Å². The van der Waals surface area contributed by atoms with Crippen molar-refractivity contribution < 1.29 is 13.7 Å². The highest BCUT2D eigenvalue weighted by Crippen LogP contribution is 2.43. The van der Waals surface area contributed by atoms with Gasteiger partial charge in [-0.1, -0.05) is 27.7 Å². The third-order valence-electron chi connectivity index (χ3n) is 6.53. The summed E-state index contributed by atoms with van der Waals surface area (Å²) in [7, 11) is -1.15. The highest BCUT2D eigenvalue weighted by Gasteiger charge is 2.26. The summed E-state index contributed by atoms with van der Waals surface area (Å²) in [5, 5.41) is 0. The first-order chi connectivity index (χ1) is 17.6. The molecule has 0 amide bonds. The van der Waals surface area contributed by atoms with Crippen molar-refractivity contribution in [1.29, 1.82) is 0 Å². The molecular weight excluding hydrogens is 468 g/mol. The molecule has 3 rings (SSSR count). The zero-order valence-corrected chi connectivity index (χ0v) is 23.7. The van der Waals surface area contributed by atoms with Crippen molar-refractivity contribution in [3.8, 4) is 22.6 Å². The highest BCUT2D eigenvalue weighted by atomic mass is 32.2. The predicted molar refractivity (Wildman–Crippen MR) is 151 cm³/mol.